The normalized spacial score (nSPS) is 18.8. The molecule has 2 aromatic carbocycles. The van der Waals surface area contributed by atoms with E-state index in [9.17, 15) is 4.79 Å². The number of methoxy groups -OCH3 is 1. The number of hydrogen-bond acceptors (Lipinski definition) is 8. The average Bonchev–Trinajstić information content (AvgIpc) is 3.07. The van der Waals surface area contributed by atoms with E-state index in [0.717, 1.165) is 11.1 Å². The van der Waals surface area contributed by atoms with Gasteiger partial charge in [-0.25, -0.2) is 0 Å². The molecule has 2 atom stereocenters. The van der Waals surface area contributed by atoms with Gasteiger partial charge in [0.15, 0.2) is 5.41 Å². The van der Waals surface area contributed by atoms with Crippen LogP contribution in [0.2, 0.25) is 0 Å². The molecule has 0 bridgehead atoms. The second-order valence-corrected chi connectivity index (χ2v) is 22.2. The first-order chi connectivity index (χ1) is 25.8. The number of carbonyl (C=O) groups excluding carboxylic acids is 3. The maximum atomic E-state index is 15.5. The fraction of sp³-hybridized carbons (Fsp3) is 0.694. The summed E-state index contributed by atoms with van der Waals surface area (Å²) < 4.78 is 24.5. The lowest BCUT2D eigenvalue weighted by molar-refractivity contribution is -0.197. The van der Waals surface area contributed by atoms with Crippen LogP contribution in [-0.4, -0.2) is 55.3 Å². The lowest BCUT2D eigenvalue weighted by Crippen LogP contribution is -2.59. The molecule has 0 aromatic heterocycles. The molecule has 57 heavy (non-hydrogen) atoms. The number of rotatable bonds is 12. The zero-order valence-electron chi connectivity index (χ0n) is 38.9. The van der Waals surface area contributed by atoms with Crippen molar-refractivity contribution in [2.75, 3.05) is 26.9 Å². The van der Waals surface area contributed by atoms with Crippen LogP contribution >= 0.6 is 0 Å². The van der Waals surface area contributed by atoms with Crippen LogP contribution in [-0.2, 0) is 35.1 Å². The first kappa shape index (κ1) is 48.0. The zero-order chi connectivity index (χ0) is 43.6. The van der Waals surface area contributed by atoms with E-state index in [2.05, 4.69) is 114 Å². The largest absolute Gasteiger partial charge is 0.497 e. The Morgan fingerprint density at radius 3 is 1.47 bits per heavy atom. The molecule has 8 heteroatoms. The Kier molecular flexibility index (Phi) is 14.4. The van der Waals surface area contributed by atoms with Gasteiger partial charge in [-0.15, -0.1) is 0 Å². The second kappa shape index (κ2) is 17.1. The van der Waals surface area contributed by atoms with E-state index < -0.39 is 51.7 Å². The van der Waals surface area contributed by atoms with Gasteiger partial charge in [0.2, 0.25) is 0 Å². The van der Waals surface area contributed by atoms with E-state index in [0.29, 0.717) is 12.3 Å². The number of piperidine rings is 1. The number of nitrogens with zero attached hydrogens (tertiary/aromatic N) is 1. The quantitative estimate of drug-likeness (QED) is 0.119. The highest BCUT2D eigenvalue weighted by molar-refractivity contribution is 6.01. The van der Waals surface area contributed by atoms with Gasteiger partial charge in [0.05, 0.1) is 26.7 Å². The van der Waals surface area contributed by atoms with Crippen molar-refractivity contribution in [1.29, 1.82) is 0 Å². The lowest BCUT2D eigenvalue weighted by Gasteiger charge is -2.53. The van der Waals surface area contributed by atoms with Crippen molar-refractivity contribution in [3.63, 3.8) is 0 Å². The molecule has 3 rings (SSSR count). The monoisotopic (exact) mass is 792 g/mol. The second-order valence-electron chi connectivity index (χ2n) is 22.2. The summed E-state index contributed by atoms with van der Waals surface area (Å²) in [4.78, 5) is 47.2. The Morgan fingerprint density at radius 2 is 1.09 bits per heavy atom. The maximum absolute atomic E-state index is 15.5. The number of likely N-dealkylation sites (tertiary alicyclic amines) is 1. The fourth-order valence-corrected chi connectivity index (χ4v) is 8.51. The van der Waals surface area contributed by atoms with Crippen LogP contribution in [0.4, 0.5) is 0 Å². The van der Waals surface area contributed by atoms with Crippen molar-refractivity contribution in [2.45, 2.75) is 149 Å². The molecular weight excluding hydrogens is 715 g/mol. The van der Waals surface area contributed by atoms with Gasteiger partial charge < -0.3 is 18.9 Å². The summed E-state index contributed by atoms with van der Waals surface area (Å²) in [7, 11) is 1.63. The molecular formula is C49H77NO7. The van der Waals surface area contributed by atoms with Gasteiger partial charge >= 0.3 is 17.9 Å². The first-order valence-electron chi connectivity index (χ1n) is 20.8. The molecule has 0 aliphatic carbocycles. The summed E-state index contributed by atoms with van der Waals surface area (Å²) in [5.74, 6) is -1.93. The Hall–Kier alpha value is -3.39. The average molecular weight is 792 g/mol. The van der Waals surface area contributed by atoms with Gasteiger partial charge in [-0.2, -0.15) is 0 Å². The number of carbonyl (C=O) groups is 3. The molecule has 0 radical (unpaired) electrons. The third kappa shape index (κ3) is 10.6. The summed E-state index contributed by atoms with van der Waals surface area (Å²) in [6.07, 6.45) is -0.130. The van der Waals surface area contributed by atoms with Gasteiger partial charge in [-0.3, -0.25) is 19.3 Å². The lowest BCUT2D eigenvalue weighted by atomic mass is 9.55. The van der Waals surface area contributed by atoms with E-state index in [1.54, 1.807) is 7.11 Å². The minimum Gasteiger partial charge on any atom is -0.497 e. The van der Waals surface area contributed by atoms with Gasteiger partial charge in [0, 0.05) is 35.9 Å². The number of esters is 3. The molecule has 1 aliphatic heterocycles. The smallest absolute Gasteiger partial charge is 0.323 e. The minimum absolute atomic E-state index is 0.0425. The van der Waals surface area contributed by atoms with Crippen molar-refractivity contribution >= 4 is 17.9 Å². The third-order valence-corrected chi connectivity index (χ3v) is 14.0. The summed E-state index contributed by atoms with van der Waals surface area (Å²) in [5, 5.41) is 0. The van der Waals surface area contributed by atoms with Crippen LogP contribution in [0.3, 0.4) is 0 Å². The summed E-state index contributed by atoms with van der Waals surface area (Å²) in [6, 6.07) is 17.5. The highest BCUT2D eigenvalue weighted by Crippen LogP contribution is 2.55. The fourth-order valence-electron chi connectivity index (χ4n) is 8.51. The number of hydrogen-bond donors (Lipinski definition) is 0. The summed E-state index contributed by atoms with van der Waals surface area (Å²) >= 11 is 0. The van der Waals surface area contributed by atoms with E-state index in [1.165, 1.54) is 0 Å². The van der Waals surface area contributed by atoms with Crippen molar-refractivity contribution in [3.05, 3.63) is 65.7 Å². The topological polar surface area (TPSA) is 91.4 Å². The third-order valence-electron chi connectivity index (χ3n) is 14.0. The zero-order valence-corrected chi connectivity index (χ0v) is 38.9. The van der Waals surface area contributed by atoms with Gasteiger partial charge in [-0.1, -0.05) is 139 Å². The molecule has 1 heterocycles. The molecule has 1 aliphatic rings. The van der Waals surface area contributed by atoms with Gasteiger partial charge in [0.1, 0.15) is 11.4 Å². The van der Waals surface area contributed by atoms with Crippen LogP contribution in [0.25, 0.3) is 0 Å². The van der Waals surface area contributed by atoms with Crippen molar-refractivity contribution in [2.24, 2.45) is 43.8 Å². The standard InChI is InChI=1S/C49H77NO7/c1-42(2,3)47(16,43(4,5)6)32-55-40(52)49(41(53)56-33-48(17,44(7,8)9)45(10,11)12)29-38(35-24-26-37(54-18)27-25-35)50(30-34-22-20-19-21-23-34)31-36(49)28-39(51)57-46(13,14)15/h19-27,36,38H,28-33H2,1-18H3/t36-,38-/m1/s1. The first-order valence-corrected chi connectivity index (χ1v) is 20.8. The molecule has 320 valence electrons. The van der Waals surface area contributed by atoms with Gasteiger partial charge in [-0.05, 0) is 72.1 Å². The Morgan fingerprint density at radius 1 is 0.649 bits per heavy atom. The molecule has 8 nitrogen and oxygen atoms in total. The summed E-state index contributed by atoms with van der Waals surface area (Å²) in [5.41, 5.74) is -2.65. The Balaban J connectivity index is 2.35. The molecule has 0 N–H and O–H groups in total. The Labute approximate surface area is 346 Å². The van der Waals surface area contributed by atoms with Crippen molar-refractivity contribution in [1.82, 2.24) is 4.90 Å². The van der Waals surface area contributed by atoms with Crippen molar-refractivity contribution < 1.29 is 33.3 Å². The molecule has 0 spiro atoms. The number of ether oxygens (including phenoxy) is 4. The molecule has 1 saturated heterocycles. The maximum Gasteiger partial charge on any atom is 0.323 e. The minimum atomic E-state index is -1.85. The predicted octanol–water partition coefficient (Wildman–Crippen LogP) is 11.3. The molecule has 0 saturated carbocycles. The van der Waals surface area contributed by atoms with Crippen LogP contribution in [0.15, 0.2) is 54.6 Å². The van der Waals surface area contributed by atoms with Crippen LogP contribution in [0, 0.1) is 43.8 Å². The van der Waals surface area contributed by atoms with Crippen LogP contribution in [0.5, 0.6) is 5.75 Å². The highest BCUT2D eigenvalue weighted by atomic mass is 16.6. The molecule has 0 amide bonds. The van der Waals surface area contributed by atoms with E-state index in [1.807, 2.05) is 63.2 Å². The Bertz CT molecular complexity index is 1580. The molecule has 0 unspecified atom stereocenters. The van der Waals surface area contributed by atoms with E-state index in [-0.39, 0.29) is 54.3 Å². The van der Waals surface area contributed by atoms with E-state index >= 15 is 9.59 Å². The predicted molar refractivity (Wildman–Crippen MR) is 230 cm³/mol. The highest BCUT2D eigenvalue weighted by Gasteiger charge is 2.62. The number of benzene rings is 2. The summed E-state index contributed by atoms with van der Waals surface area (Å²) in [6.45, 7) is 36.5. The molecule has 2 aromatic rings. The van der Waals surface area contributed by atoms with E-state index in [4.69, 9.17) is 18.9 Å². The van der Waals surface area contributed by atoms with Crippen LogP contribution in [0.1, 0.15) is 148 Å². The SMILES string of the molecule is COc1ccc([C@H]2CC(C(=O)OCC(C)(C(C)(C)C)C(C)(C)C)(C(=O)OCC(C)(C(C)(C)C)C(C)(C)C)[C@H](CC(=O)OC(C)(C)C)CN2Cc2ccccc2)cc1. The van der Waals surface area contributed by atoms with Gasteiger partial charge in [0.25, 0.3) is 0 Å². The van der Waals surface area contributed by atoms with Crippen molar-refractivity contribution in [3.8, 4) is 5.75 Å². The van der Waals surface area contributed by atoms with Crippen LogP contribution < -0.4 is 4.74 Å². The molecule has 1 fully saturated rings.